The van der Waals surface area contributed by atoms with Crippen LogP contribution in [0.5, 0.6) is 0 Å². The molecule has 1 N–H and O–H groups in total. The summed E-state index contributed by atoms with van der Waals surface area (Å²) in [7, 11) is -6.71. The van der Waals surface area contributed by atoms with Crippen LogP contribution in [0.25, 0.3) is 0 Å². The maximum atomic E-state index is 11.8. The molecular weight excluding hydrogens is 639 g/mol. The van der Waals surface area contributed by atoms with Crippen molar-refractivity contribution in [3.63, 3.8) is 0 Å². The van der Waals surface area contributed by atoms with Gasteiger partial charge in [-0.1, -0.05) is 91.0 Å². The maximum Gasteiger partial charge on any atom is 0.193 e. The van der Waals surface area contributed by atoms with E-state index in [0.29, 0.717) is 6.42 Å². The van der Waals surface area contributed by atoms with Crippen molar-refractivity contribution in [2.24, 2.45) is 0 Å². The van der Waals surface area contributed by atoms with Crippen molar-refractivity contribution in [2.45, 2.75) is 160 Å². The molecule has 9 heteroatoms. The average molecular weight is 699 g/mol. The van der Waals surface area contributed by atoms with Crippen molar-refractivity contribution in [2.75, 3.05) is 0 Å². The van der Waals surface area contributed by atoms with Gasteiger partial charge in [0.25, 0.3) is 0 Å². The molecule has 0 amide bonds. The van der Waals surface area contributed by atoms with Gasteiger partial charge in [0.2, 0.25) is 0 Å². The molecule has 0 spiro atoms. The van der Waals surface area contributed by atoms with Gasteiger partial charge < -0.3 is 23.1 Å². The highest BCUT2D eigenvalue weighted by molar-refractivity contribution is 14.1. The summed E-state index contributed by atoms with van der Waals surface area (Å²) in [5, 5.41) is 11.8. The summed E-state index contributed by atoms with van der Waals surface area (Å²) in [4.78, 5) is 0. The minimum atomic E-state index is -2.28. The summed E-state index contributed by atoms with van der Waals surface area (Å²) >= 11 is 2.26. The van der Waals surface area contributed by atoms with Gasteiger partial charge in [-0.3, -0.25) is 0 Å². The summed E-state index contributed by atoms with van der Waals surface area (Å²) in [5.41, 5.74) is 0. The lowest BCUT2D eigenvalue weighted by Crippen LogP contribution is -2.67. The second-order valence-electron chi connectivity index (χ2n) is 15.5. The standard InChI is InChI=1S/C29H59IO5Si3/c1-17-18-21-23(31)25(34-37(13,14)28(5,6)7)26(35-38(15,16)29(8,9)10)24(32-21)22(19-20-30)33-36(11,12)27(2,3)4/h17,19-26,31H,1,18H2,2-16H3/b20-19+/t21?,22?,23-,24-,25?,26?/m0/s1. The number of hydrogen-bond donors (Lipinski definition) is 1. The molecule has 5 nitrogen and oxygen atoms in total. The Hall–Kier alpha value is 0.661. The van der Waals surface area contributed by atoms with Crippen molar-refractivity contribution in [1.82, 2.24) is 0 Å². The van der Waals surface area contributed by atoms with Gasteiger partial charge in [0.05, 0.1) is 12.2 Å². The Bertz CT molecular complexity index is 809. The highest BCUT2D eigenvalue weighted by atomic mass is 127. The van der Waals surface area contributed by atoms with E-state index in [4.69, 9.17) is 18.0 Å². The van der Waals surface area contributed by atoms with E-state index in [9.17, 15) is 5.11 Å². The highest BCUT2D eigenvalue weighted by Gasteiger charge is 2.55. The van der Waals surface area contributed by atoms with E-state index in [-0.39, 0.29) is 21.2 Å². The topological polar surface area (TPSA) is 57.2 Å². The molecule has 0 aliphatic carbocycles. The van der Waals surface area contributed by atoms with Crippen LogP contribution in [-0.2, 0) is 18.0 Å². The van der Waals surface area contributed by atoms with Crippen LogP contribution in [0.1, 0.15) is 68.7 Å². The minimum absolute atomic E-state index is 0.0170. The molecule has 1 aliphatic heterocycles. The lowest BCUT2D eigenvalue weighted by atomic mass is 9.91. The molecule has 0 aromatic rings. The predicted molar refractivity (Wildman–Crippen MR) is 179 cm³/mol. The molecular formula is C29H59IO5Si3. The lowest BCUT2D eigenvalue weighted by Gasteiger charge is -2.53. The number of halogens is 1. The Morgan fingerprint density at radius 2 is 1.24 bits per heavy atom. The number of hydrogen-bond acceptors (Lipinski definition) is 5. The molecule has 0 bridgehead atoms. The van der Waals surface area contributed by atoms with Crippen molar-refractivity contribution in [3.05, 3.63) is 22.8 Å². The zero-order valence-electron chi connectivity index (χ0n) is 27.1. The van der Waals surface area contributed by atoms with E-state index in [1.807, 2.05) is 10.2 Å². The van der Waals surface area contributed by atoms with Gasteiger partial charge in [-0.25, -0.2) is 0 Å². The van der Waals surface area contributed by atoms with Crippen molar-refractivity contribution in [3.8, 4) is 0 Å². The van der Waals surface area contributed by atoms with Crippen molar-refractivity contribution in [1.29, 1.82) is 0 Å². The van der Waals surface area contributed by atoms with Crippen molar-refractivity contribution >= 4 is 47.5 Å². The summed E-state index contributed by atoms with van der Waals surface area (Å²) in [6, 6.07) is 0. The first-order valence-electron chi connectivity index (χ1n) is 14.1. The Balaban J connectivity index is 3.80. The molecule has 224 valence electrons. The van der Waals surface area contributed by atoms with Crippen LogP contribution in [0.2, 0.25) is 54.4 Å². The Kier molecular flexibility index (Phi) is 12.4. The van der Waals surface area contributed by atoms with Crippen LogP contribution >= 0.6 is 22.6 Å². The number of ether oxygens (including phenoxy) is 1. The monoisotopic (exact) mass is 698 g/mol. The molecule has 1 fully saturated rings. The van der Waals surface area contributed by atoms with Gasteiger partial charge >= 0.3 is 0 Å². The summed E-state index contributed by atoms with van der Waals surface area (Å²) in [5.74, 6) is 0. The van der Waals surface area contributed by atoms with E-state index in [1.54, 1.807) is 0 Å². The number of aliphatic hydroxyl groups is 1. The van der Waals surface area contributed by atoms with E-state index >= 15 is 0 Å². The zero-order chi connectivity index (χ0) is 30.1. The molecule has 0 radical (unpaired) electrons. The second-order valence-corrected chi connectivity index (χ2v) is 30.5. The van der Waals surface area contributed by atoms with Crippen LogP contribution in [0.4, 0.5) is 0 Å². The molecule has 6 atom stereocenters. The molecule has 1 saturated heterocycles. The average Bonchev–Trinajstić information content (AvgIpc) is 2.69. The van der Waals surface area contributed by atoms with E-state index < -0.39 is 55.5 Å². The molecule has 38 heavy (non-hydrogen) atoms. The summed E-state index contributed by atoms with van der Waals surface area (Å²) in [6.45, 7) is 37.7. The van der Waals surface area contributed by atoms with Gasteiger partial charge in [-0.15, -0.1) is 6.58 Å². The van der Waals surface area contributed by atoms with Crippen LogP contribution in [-0.4, -0.2) is 66.7 Å². The van der Waals surface area contributed by atoms with Gasteiger partial charge in [0.15, 0.2) is 25.0 Å². The van der Waals surface area contributed by atoms with E-state index in [2.05, 4.69) is 137 Å². The van der Waals surface area contributed by atoms with Gasteiger partial charge in [-0.2, -0.15) is 0 Å². The number of aliphatic hydroxyl groups excluding tert-OH is 1. The lowest BCUT2D eigenvalue weighted by molar-refractivity contribution is -0.227. The highest BCUT2D eigenvalue weighted by Crippen LogP contribution is 2.45. The third kappa shape index (κ3) is 8.83. The minimum Gasteiger partial charge on any atom is -0.408 e. The Morgan fingerprint density at radius 1 is 0.816 bits per heavy atom. The second kappa shape index (κ2) is 12.9. The predicted octanol–water partition coefficient (Wildman–Crippen LogP) is 8.81. The fraction of sp³-hybridized carbons (Fsp3) is 0.862. The Morgan fingerprint density at radius 3 is 1.61 bits per heavy atom. The SMILES string of the molecule is C=CCC1O[C@@H](C(/C=C/I)O[Si](C)(C)C(C)(C)C)C(O[Si](C)(C)C(C)(C)C)C(O[Si](C)(C)C(C)(C)C)[C@H]1O. The quantitative estimate of drug-likeness (QED) is 0.140. The van der Waals surface area contributed by atoms with Crippen LogP contribution in [0, 0.1) is 0 Å². The van der Waals surface area contributed by atoms with Crippen molar-refractivity contribution < 1.29 is 23.1 Å². The van der Waals surface area contributed by atoms with Crippen LogP contribution < -0.4 is 0 Å². The third-order valence-corrected chi connectivity index (χ3v) is 23.2. The first-order valence-corrected chi connectivity index (χ1v) is 24.0. The van der Waals surface area contributed by atoms with Crippen LogP contribution in [0.3, 0.4) is 0 Å². The van der Waals surface area contributed by atoms with Gasteiger partial charge in [0.1, 0.15) is 24.4 Å². The normalized spacial score (nSPS) is 27.6. The molecule has 0 saturated carbocycles. The van der Waals surface area contributed by atoms with Gasteiger partial charge in [0, 0.05) is 0 Å². The Labute approximate surface area is 252 Å². The number of rotatable bonds is 10. The fourth-order valence-electron chi connectivity index (χ4n) is 3.69. The maximum absolute atomic E-state index is 11.8. The third-order valence-electron chi connectivity index (χ3n) is 9.39. The molecule has 0 aromatic carbocycles. The molecule has 0 aromatic heterocycles. The molecule has 1 aliphatic rings. The molecule has 4 unspecified atom stereocenters. The van der Waals surface area contributed by atoms with Crippen LogP contribution in [0.15, 0.2) is 22.8 Å². The molecule has 1 heterocycles. The smallest absolute Gasteiger partial charge is 0.193 e. The largest absolute Gasteiger partial charge is 0.408 e. The first kappa shape index (κ1) is 36.7. The molecule has 1 rings (SSSR count). The first-order chi connectivity index (χ1) is 16.8. The summed E-state index contributed by atoms with van der Waals surface area (Å²) in [6.07, 6.45) is 1.43. The zero-order valence-corrected chi connectivity index (χ0v) is 32.2. The van der Waals surface area contributed by atoms with E-state index in [0.717, 1.165) is 0 Å². The van der Waals surface area contributed by atoms with E-state index in [1.165, 1.54) is 0 Å². The fourth-order valence-corrected chi connectivity index (χ4v) is 7.95. The van der Waals surface area contributed by atoms with Gasteiger partial charge in [-0.05, 0) is 71.0 Å². The summed E-state index contributed by atoms with van der Waals surface area (Å²) < 4.78 is 30.0.